The Balaban J connectivity index is 1.24. The number of aryl methyl sites for hydroxylation is 1. The number of nitrogen functional groups attached to an aromatic ring is 1. The zero-order valence-electron chi connectivity index (χ0n) is 28.7. The number of anilines is 1. The Labute approximate surface area is 278 Å². The summed E-state index contributed by atoms with van der Waals surface area (Å²) in [5.41, 5.74) is 8.77. The molecule has 1 saturated heterocycles. The van der Waals surface area contributed by atoms with Gasteiger partial charge in [0, 0.05) is 23.4 Å². The van der Waals surface area contributed by atoms with Crippen molar-refractivity contribution in [3.63, 3.8) is 0 Å². The van der Waals surface area contributed by atoms with Crippen molar-refractivity contribution in [2.75, 3.05) is 92.1 Å². The van der Waals surface area contributed by atoms with Gasteiger partial charge >= 0.3 is 7.12 Å². The summed E-state index contributed by atoms with van der Waals surface area (Å²) in [6.07, 6.45) is 0. The summed E-state index contributed by atoms with van der Waals surface area (Å²) in [5.74, 6) is 1.12. The average molecular weight is 656 g/mol. The Morgan fingerprint density at radius 2 is 1.19 bits per heavy atom. The van der Waals surface area contributed by atoms with Gasteiger partial charge in [-0.3, -0.25) is 0 Å². The Morgan fingerprint density at radius 3 is 1.74 bits per heavy atom. The van der Waals surface area contributed by atoms with Crippen LogP contribution in [0.2, 0.25) is 0 Å². The molecule has 13 heteroatoms. The zero-order chi connectivity index (χ0) is 33.7. The molecule has 2 N–H and O–H groups in total. The fourth-order valence-electron chi connectivity index (χ4n) is 4.83. The van der Waals surface area contributed by atoms with Crippen LogP contribution >= 0.6 is 0 Å². The number of benzene rings is 2. The summed E-state index contributed by atoms with van der Waals surface area (Å²) in [6.45, 7) is 16.1. The summed E-state index contributed by atoms with van der Waals surface area (Å²) < 4.78 is 51.5. The molecule has 0 unspecified atom stereocenters. The van der Waals surface area contributed by atoms with Crippen molar-refractivity contribution in [3.8, 4) is 16.9 Å². The number of hydrogen-bond acceptors (Lipinski definition) is 12. The lowest BCUT2D eigenvalue weighted by atomic mass is 9.77. The van der Waals surface area contributed by atoms with E-state index in [1.165, 1.54) is 0 Å². The van der Waals surface area contributed by atoms with Crippen molar-refractivity contribution < 1.29 is 42.5 Å². The van der Waals surface area contributed by atoms with Gasteiger partial charge in [0.2, 0.25) is 0 Å². The molecule has 2 heterocycles. The van der Waals surface area contributed by atoms with Crippen molar-refractivity contribution in [3.05, 3.63) is 42.1 Å². The van der Waals surface area contributed by atoms with Gasteiger partial charge in [0.05, 0.1) is 89.6 Å². The van der Waals surface area contributed by atoms with Gasteiger partial charge in [-0.2, -0.15) is 5.10 Å². The highest BCUT2D eigenvalue weighted by molar-refractivity contribution is 6.62. The molecule has 4 rings (SSSR count). The first-order valence-electron chi connectivity index (χ1n) is 16.2. The molecule has 258 valence electrons. The summed E-state index contributed by atoms with van der Waals surface area (Å²) in [4.78, 5) is 0. The van der Waals surface area contributed by atoms with Crippen molar-refractivity contribution in [1.82, 2.24) is 10.2 Å². The summed E-state index contributed by atoms with van der Waals surface area (Å²) in [5, 5.41) is 10.1. The second-order valence-electron chi connectivity index (χ2n) is 12.2. The fourth-order valence-corrected chi connectivity index (χ4v) is 4.83. The summed E-state index contributed by atoms with van der Waals surface area (Å²) in [7, 11) is 1.14. The van der Waals surface area contributed by atoms with Crippen LogP contribution in [0.3, 0.4) is 0 Å². The van der Waals surface area contributed by atoms with Crippen molar-refractivity contribution >= 4 is 29.2 Å². The van der Waals surface area contributed by atoms with E-state index in [0.29, 0.717) is 85.1 Å². The predicted octanol–water partition coefficient (Wildman–Crippen LogP) is 3.59. The van der Waals surface area contributed by atoms with Gasteiger partial charge < -0.3 is 48.2 Å². The van der Waals surface area contributed by atoms with E-state index in [2.05, 4.69) is 22.3 Å². The highest BCUT2D eigenvalue weighted by Crippen LogP contribution is 2.38. The zero-order valence-corrected chi connectivity index (χ0v) is 28.7. The Bertz CT molecular complexity index is 1390. The smallest absolute Gasteiger partial charge is 0.491 e. The molecule has 0 amide bonds. The number of nitrogens with zero attached hydrogens (tertiary/aromatic N) is 2. The maximum Gasteiger partial charge on any atom is 0.494 e. The lowest BCUT2D eigenvalue weighted by Gasteiger charge is -2.32. The fraction of sp³-hybridized carbons (Fsp3) is 0.588. The third-order valence-electron chi connectivity index (χ3n) is 8.24. The van der Waals surface area contributed by atoms with Gasteiger partial charge in [-0.1, -0.05) is 18.2 Å². The maximum atomic E-state index is 6.34. The van der Waals surface area contributed by atoms with Crippen LogP contribution < -0.4 is 15.9 Å². The van der Waals surface area contributed by atoms with Crippen LogP contribution in [0.5, 0.6) is 5.75 Å². The van der Waals surface area contributed by atoms with Gasteiger partial charge in [-0.05, 0) is 63.8 Å². The van der Waals surface area contributed by atoms with E-state index < -0.39 is 18.3 Å². The molecule has 1 fully saturated rings. The molecule has 1 aromatic heterocycles. The van der Waals surface area contributed by atoms with Crippen LogP contribution in [0.25, 0.3) is 21.9 Å². The van der Waals surface area contributed by atoms with E-state index in [1.807, 2.05) is 58.9 Å². The molecule has 0 aliphatic carbocycles. The number of nitrogens with two attached hydrogens (primary N) is 1. The standard InChI is InChI=1S/C34H50BN3O9/c1-25-29-23-26(7-9-28(29)32(36)38-37-25)30-24-27(35-46-33(2,3)34(4,5)47-35)8-10-31(30)45-22-21-44-20-19-43-18-17-42-16-15-41-14-13-40-12-11-39-6/h7-10,23-24H,11-22H2,1-6H3,(H2,36,38). The highest BCUT2D eigenvalue weighted by Gasteiger charge is 2.51. The number of rotatable bonds is 21. The molecule has 12 nitrogen and oxygen atoms in total. The third-order valence-corrected chi connectivity index (χ3v) is 8.24. The molecule has 47 heavy (non-hydrogen) atoms. The average Bonchev–Trinajstić information content (AvgIpc) is 3.28. The van der Waals surface area contributed by atoms with Crippen LogP contribution in [0.15, 0.2) is 36.4 Å². The SMILES string of the molecule is COCCOCCOCCOCCOCCOCCOc1ccc(B2OC(C)(C)C(C)(C)O2)cc1-c1ccc2c(N)nnc(C)c2c1. The van der Waals surface area contributed by atoms with Crippen LogP contribution in [-0.4, -0.2) is 115 Å². The van der Waals surface area contributed by atoms with Crippen LogP contribution in [0, 0.1) is 6.92 Å². The van der Waals surface area contributed by atoms with Crippen molar-refractivity contribution in [1.29, 1.82) is 0 Å². The van der Waals surface area contributed by atoms with E-state index in [0.717, 1.165) is 38.8 Å². The van der Waals surface area contributed by atoms with Gasteiger partial charge in [0.15, 0.2) is 5.82 Å². The number of fused-ring (bicyclic) bond motifs is 1. The second-order valence-corrected chi connectivity index (χ2v) is 12.2. The lowest BCUT2D eigenvalue weighted by molar-refractivity contribution is -0.0159. The third kappa shape index (κ3) is 10.6. The van der Waals surface area contributed by atoms with E-state index >= 15 is 0 Å². The van der Waals surface area contributed by atoms with E-state index in [-0.39, 0.29) is 0 Å². The molecule has 1 aliphatic rings. The van der Waals surface area contributed by atoms with Gasteiger partial charge in [-0.15, -0.1) is 5.10 Å². The normalized spacial score (nSPS) is 15.5. The summed E-state index contributed by atoms with van der Waals surface area (Å²) in [6, 6.07) is 12.1. The monoisotopic (exact) mass is 655 g/mol. The molecular weight excluding hydrogens is 605 g/mol. The van der Waals surface area contributed by atoms with E-state index in [9.17, 15) is 0 Å². The molecule has 0 atom stereocenters. The molecule has 0 radical (unpaired) electrons. The Hall–Kier alpha value is -2.88. The minimum atomic E-state index is -0.505. The highest BCUT2D eigenvalue weighted by atomic mass is 16.7. The van der Waals surface area contributed by atoms with Crippen molar-refractivity contribution in [2.45, 2.75) is 45.8 Å². The molecule has 1 aliphatic heterocycles. The first-order chi connectivity index (χ1) is 22.6. The number of aromatic nitrogens is 2. The molecule has 2 aromatic carbocycles. The molecule has 0 bridgehead atoms. The number of ether oxygens (including phenoxy) is 7. The first-order valence-corrected chi connectivity index (χ1v) is 16.2. The minimum Gasteiger partial charge on any atom is -0.491 e. The largest absolute Gasteiger partial charge is 0.494 e. The van der Waals surface area contributed by atoms with E-state index in [1.54, 1.807) is 7.11 Å². The number of methoxy groups -OCH3 is 1. The predicted molar refractivity (Wildman–Crippen MR) is 181 cm³/mol. The Kier molecular flexibility index (Phi) is 14.2. The molecule has 0 saturated carbocycles. The van der Waals surface area contributed by atoms with Gasteiger partial charge in [-0.25, -0.2) is 0 Å². The number of hydrogen-bond donors (Lipinski definition) is 1. The topological polar surface area (TPSA) is 135 Å². The van der Waals surface area contributed by atoms with Crippen LogP contribution in [-0.2, 0) is 37.7 Å². The summed E-state index contributed by atoms with van der Waals surface area (Å²) >= 11 is 0. The van der Waals surface area contributed by atoms with Gasteiger partial charge in [0.1, 0.15) is 12.4 Å². The maximum absolute atomic E-state index is 6.34. The second kappa shape index (κ2) is 18.0. The first kappa shape index (κ1) is 37.0. The molecule has 3 aromatic rings. The quantitative estimate of drug-likeness (QED) is 0.133. The molecular formula is C34H50BN3O9. The van der Waals surface area contributed by atoms with Crippen LogP contribution in [0.1, 0.15) is 33.4 Å². The van der Waals surface area contributed by atoms with Crippen molar-refractivity contribution in [2.24, 2.45) is 0 Å². The minimum absolute atomic E-state index is 0.369. The van der Waals surface area contributed by atoms with Gasteiger partial charge in [0.25, 0.3) is 0 Å². The molecule has 0 spiro atoms. The Morgan fingerprint density at radius 1 is 0.660 bits per heavy atom. The van der Waals surface area contributed by atoms with Crippen LogP contribution in [0.4, 0.5) is 5.82 Å². The lowest BCUT2D eigenvalue weighted by Crippen LogP contribution is -2.41. The van der Waals surface area contributed by atoms with E-state index in [4.69, 9.17) is 48.2 Å².